The molecule has 0 fully saturated rings. The monoisotopic (exact) mass is 293 g/mol. The van der Waals surface area contributed by atoms with Crippen LogP contribution >= 0.6 is 11.8 Å². The number of nitrogens with one attached hydrogen (secondary N) is 1. The van der Waals surface area contributed by atoms with E-state index in [1.54, 1.807) is 18.1 Å². The van der Waals surface area contributed by atoms with Gasteiger partial charge in [-0.3, -0.25) is 0 Å². The zero-order valence-corrected chi connectivity index (χ0v) is 12.8. The molecule has 2 aromatic rings. The minimum atomic E-state index is 0.488. The smallest absolute Gasteiger partial charge is 0.257 e. The second-order valence-corrected chi connectivity index (χ2v) is 5.70. The minimum Gasteiger partial charge on any atom is -0.354 e. The van der Waals surface area contributed by atoms with Gasteiger partial charge in [0.05, 0.1) is 0 Å². The van der Waals surface area contributed by atoms with Gasteiger partial charge in [-0.15, -0.1) is 0 Å². The van der Waals surface area contributed by atoms with Gasteiger partial charge in [-0.2, -0.15) is 24.7 Å². The predicted octanol–water partition coefficient (Wildman–Crippen LogP) is 2.02. The van der Waals surface area contributed by atoms with Gasteiger partial charge in [-0.1, -0.05) is 32.5 Å². The van der Waals surface area contributed by atoms with Gasteiger partial charge in [-0.25, -0.2) is 4.98 Å². The van der Waals surface area contributed by atoms with Gasteiger partial charge in [0, 0.05) is 12.3 Å². The molecule has 108 valence electrons. The van der Waals surface area contributed by atoms with Gasteiger partial charge in [0.2, 0.25) is 5.95 Å². The van der Waals surface area contributed by atoms with Crippen molar-refractivity contribution in [3.63, 3.8) is 0 Å². The van der Waals surface area contributed by atoms with E-state index in [9.17, 15) is 0 Å². The van der Waals surface area contributed by atoms with Crippen molar-refractivity contribution in [3.8, 4) is 5.95 Å². The van der Waals surface area contributed by atoms with Gasteiger partial charge in [-0.05, 0) is 12.3 Å². The summed E-state index contributed by atoms with van der Waals surface area (Å²) >= 11 is 1.62. The number of hydrogen-bond acceptors (Lipinski definition) is 7. The molecule has 0 unspecified atom stereocenters. The average molecular weight is 293 g/mol. The molecule has 0 saturated heterocycles. The normalized spacial score (nSPS) is 11.0. The molecule has 0 amide bonds. The van der Waals surface area contributed by atoms with Gasteiger partial charge < -0.3 is 5.32 Å². The number of nitrogens with zero attached hydrogens (tertiary/aromatic N) is 6. The Kier molecular flexibility index (Phi) is 5.28. The third-order valence-electron chi connectivity index (χ3n) is 2.31. The predicted molar refractivity (Wildman–Crippen MR) is 79.1 cm³/mol. The molecule has 0 aliphatic carbocycles. The topological polar surface area (TPSA) is 81.4 Å². The molecule has 2 rings (SSSR count). The van der Waals surface area contributed by atoms with Crippen molar-refractivity contribution in [1.29, 1.82) is 0 Å². The lowest BCUT2D eigenvalue weighted by molar-refractivity contribution is 0.737. The Morgan fingerprint density at radius 2 is 2.15 bits per heavy atom. The summed E-state index contributed by atoms with van der Waals surface area (Å²) in [7, 11) is 0. The van der Waals surface area contributed by atoms with Gasteiger partial charge >= 0.3 is 0 Å². The second-order valence-electron chi connectivity index (χ2n) is 4.71. The summed E-state index contributed by atoms with van der Waals surface area (Å²) in [5.74, 6) is 2.62. The van der Waals surface area contributed by atoms with Gasteiger partial charge in [0.1, 0.15) is 12.7 Å². The standard InChI is InChI=1S/C12H19N7S/c1-4-5-14-10-16-11(19-8-13-7-15-19)18-12(17-10)20-6-9(2)3/h7-9H,4-6H2,1-3H3,(H,14,16,17,18). The molecule has 20 heavy (non-hydrogen) atoms. The van der Waals surface area contributed by atoms with Crippen LogP contribution in [0.15, 0.2) is 17.8 Å². The fourth-order valence-corrected chi connectivity index (χ4v) is 2.16. The summed E-state index contributed by atoms with van der Waals surface area (Å²) in [5, 5.41) is 7.95. The molecule has 0 aliphatic heterocycles. The first kappa shape index (κ1) is 14.7. The molecule has 1 N–H and O–H groups in total. The van der Waals surface area contributed by atoms with E-state index in [0.717, 1.165) is 18.7 Å². The van der Waals surface area contributed by atoms with Crippen LogP contribution in [0.4, 0.5) is 5.95 Å². The lowest BCUT2D eigenvalue weighted by Crippen LogP contribution is -2.11. The molecule has 8 heteroatoms. The van der Waals surface area contributed by atoms with Crippen LogP contribution < -0.4 is 5.32 Å². The fourth-order valence-electron chi connectivity index (χ4n) is 1.38. The maximum Gasteiger partial charge on any atom is 0.257 e. The second kappa shape index (κ2) is 7.18. The van der Waals surface area contributed by atoms with Gasteiger partial charge in [0.25, 0.3) is 5.95 Å². The first-order valence-electron chi connectivity index (χ1n) is 6.66. The van der Waals surface area contributed by atoms with E-state index in [2.05, 4.69) is 51.1 Å². The summed E-state index contributed by atoms with van der Waals surface area (Å²) in [4.78, 5) is 17.1. The molecule has 2 aromatic heterocycles. The van der Waals surface area contributed by atoms with Crippen LogP contribution in [0.25, 0.3) is 5.95 Å². The Morgan fingerprint density at radius 3 is 2.80 bits per heavy atom. The molecule has 0 saturated carbocycles. The van der Waals surface area contributed by atoms with Crippen molar-refractivity contribution >= 4 is 17.7 Å². The van der Waals surface area contributed by atoms with E-state index in [0.29, 0.717) is 23.0 Å². The molecular formula is C12H19N7S. The van der Waals surface area contributed by atoms with E-state index >= 15 is 0 Å². The summed E-state index contributed by atoms with van der Waals surface area (Å²) in [6.07, 6.45) is 4.05. The number of hydrogen-bond donors (Lipinski definition) is 1. The van der Waals surface area contributed by atoms with E-state index in [4.69, 9.17) is 0 Å². The van der Waals surface area contributed by atoms with Crippen molar-refractivity contribution in [1.82, 2.24) is 29.7 Å². The number of rotatable bonds is 7. The molecule has 0 atom stereocenters. The molecule has 7 nitrogen and oxygen atoms in total. The molecular weight excluding hydrogens is 274 g/mol. The minimum absolute atomic E-state index is 0.488. The first-order valence-corrected chi connectivity index (χ1v) is 7.65. The fraction of sp³-hybridized carbons (Fsp3) is 0.583. The highest BCUT2D eigenvalue weighted by atomic mass is 32.2. The first-order chi connectivity index (χ1) is 9.69. The number of anilines is 1. The molecule has 0 radical (unpaired) electrons. The number of aromatic nitrogens is 6. The molecule has 0 bridgehead atoms. The summed E-state index contributed by atoms with van der Waals surface area (Å²) in [5.41, 5.74) is 0. The van der Waals surface area contributed by atoms with Crippen LogP contribution in [-0.4, -0.2) is 42.0 Å². The van der Waals surface area contributed by atoms with Crippen molar-refractivity contribution in [2.45, 2.75) is 32.3 Å². The largest absolute Gasteiger partial charge is 0.354 e. The Bertz CT molecular complexity index is 527. The van der Waals surface area contributed by atoms with Crippen LogP contribution in [0.5, 0.6) is 0 Å². The third kappa shape index (κ3) is 4.16. The summed E-state index contributed by atoms with van der Waals surface area (Å²) in [6.45, 7) is 7.27. The van der Waals surface area contributed by atoms with Crippen LogP contribution in [-0.2, 0) is 0 Å². The summed E-state index contributed by atoms with van der Waals surface area (Å²) in [6, 6.07) is 0. The van der Waals surface area contributed by atoms with Crippen molar-refractivity contribution < 1.29 is 0 Å². The van der Waals surface area contributed by atoms with E-state index in [1.165, 1.54) is 11.0 Å². The molecule has 2 heterocycles. The maximum atomic E-state index is 4.42. The zero-order chi connectivity index (χ0) is 14.4. The van der Waals surface area contributed by atoms with Crippen LogP contribution in [0, 0.1) is 5.92 Å². The van der Waals surface area contributed by atoms with Crippen molar-refractivity contribution in [2.24, 2.45) is 5.92 Å². The van der Waals surface area contributed by atoms with Gasteiger partial charge in [0.15, 0.2) is 5.16 Å². The Morgan fingerprint density at radius 1 is 1.30 bits per heavy atom. The SMILES string of the molecule is CCCNc1nc(SCC(C)C)nc(-n2cncn2)n1. The van der Waals surface area contributed by atoms with E-state index < -0.39 is 0 Å². The Balaban J connectivity index is 2.24. The van der Waals surface area contributed by atoms with Crippen LogP contribution in [0.2, 0.25) is 0 Å². The zero-order valence-electron chi connectivity index (χ0n) is 11.9. The Labute approximate surface area is 122 Å². The average Bonchev–Trinajstić information content (AvgIpc) is 2.97. The van der Waals surface area contributed by atoms with Crippen LogP contribution in [0.1, 0.15) is 27.2 Å². The molecule has 0 aromatic carbocycles. The van der Waals surface area contributed by atoms with Crippen LogP contribution in [0.3, 0.4) is 0 Å². The molecule has 0 aliphatic rings. The summed E-state index contributed by atoms with van der Waals surface area (Å²) < 4.78 is 1.54. The quantitative estimate of drug-likeness (QED) is 0.782. The highest BCUT2D eigenvalue weighted by Crippen LogP contribution is 2.18. The Hall–Kier alpha value is -1.70. The lowest BCUT2D eigenvalue weighted by atomic mass is 10.3. The van der Waals surface area contributed by atoms with E-state index in [-0.39, 0.29) is 0 Å². The highest BCUT2D eigenvalue weighted by molar-refractivity contribution is 7.99. The highest BCUT2D eigenvalue weighted by Gasteiger charge is 2.09. The third-order valence-corrected chi connectivity index (χ3v) is 3.58. The van der Waals surface area contributed by atoms with E-state index in [1.807, 2.05) is 0 Å². The maximum absolute atomic E-state index is 4.42. The number of thioether (sulfide) groups is 1. The van der Waals surface area contributed by atoms with Crippen molar-refractivity contribution in [3.05, 3.63) is 12.7 Å². The molecule has 0 spiro atoms. The lowest BCUT2D eigenvalue weighted by Gasteiger charge is -2.08. The van der Waals surface area contributed by atoms with Crippen molar-refractivity contribution in [2.75, 3.05) is 17.6 Å².